The first kappa shape index (κ1) is 13.3. The molecule has 4 nitrogen and oxygen atoms in total. The average molecular weight is 240 g/mol. The molecule has 0 radical (unpaired) electrons. The molecular weight excluding hydrogens is 223 g/mol. The van der Waals surface area contributed by atoms with Gasteiger partial charge in [0, 0.05) is 18.8 Å². The molecule has 5 heteroatoms. The molecule has 0 heterocycles. The molecular formula is C12H17FN2O2. The molecule has 0 fully saturated rings. The van der Waals surface area contributed by atoms with Crippen LogP contribution >= 0.6 is 0 Å². The number of halogens is 1. The highest BCUT2D eigenvalue weighted by molar-refractivity contribution is 5.95. The van der Waals surface area contributed by atoms with Gasteiger partial charge in [-0.3, -0.25) is 0 Å². The third-order valence-corrected chi connectivity index (χ3v) is 2.98. The summed E-state index contributed by atoms with van der Waals surface area (Å²) in [6.07, 6.45) is 0.836. The van der Waals surface area contributed by atoms with Gasteiger partial charge in [-0.2, -0.15) is 0 Å². The highest BCUT2D eigenvalue weighted by Crippen LogP contribution is 2.26. The Labute approximate surface area is 99.8 Å². The summed E-state index contributed by atoms with van der Waals surface area (Å²) >= 11 is 0. The molecule has 1 aromatic rings. The van der Waals surface area contributed by atoms with Crippen molar-refractivity contribution in [2.24, 2.45) is 0 Å². The first-order chi connectivity index (χ1) is 7.88. The van der Waals surface area contributed by atoms with Crippen molar-refractivity contribution < 1.29 is 14.3 Å². The Morgan fingerprint density at radius 3 is 2.65 bits per heavy atom. The smallest absolute Gasteiger partial charge is 0.337 e. The first-order valence-corrected chi connectivity index (χ1v) is 5.43. The summed E-state index contributed by atoms with van der Waals surface area (Å²) in [6.45, 7) is 3.92. The van der Waals surface area contributed by atoms with Crippen molar-refractivity contribution in [3.05, 3.63) is 23.5 Å². The van der Waals surface area contributed by atoms with E-state index in [0.717, 1.165) is 12.5 Å². The Kier molecular flexibility index (Phi) is 3.93. The number of nitrogen functional groups attached to an aromatic ring is 1. The maximum Gasteiger partial charge on any atom is 0.337 e. The fraction of sp³-hybridized carbons (Fsp3) is 0.417. The standard InChI is InChI=1S/C12H17FN2O2/c1-4-7(2)15(3)11-5-8(12(16)17)10(14)6-9(11)13/h5-7H,4,14H2,1-3H3,(H,16,17). The number of nitrogens with zero attached hydrogens (tertiary/aromatic N) is 1. The summed E-state index contributed by atoms with van der Waals surface area (Å²) in [5, 5.41) is 8.94. The largest absolute Gasteiger partial charge is 0.478 e. The van der Waals surface area contributed by atoms with E-state index < -0.39 is 11.8 Å². The van der Waals surface area contributed by atoms with E-state index in [2.05, 4.69) is 0 Å². The van der Waals surface area contributed by atoms with Crippen molar-refractivity contribution in [3.8, 4) is 0 Å². The van der Waals surface area contributed by atoms with E-state index in [1.165, 1.54) is 6.07 Å². The summed E-state index contributed by atoms with van der Waals surface area (Å²) < 4.78 is 13.7. The minimum absolute atomic E-state index is 0.0590. The van der Waals surface area contributed by atoms with Crippen LogP contribution in [0.1, 0.15) is 30.6 Å². The molecule has 1 aromatic carbocycles. The molecule has 0 bridgehead atoms. The van der Waals surface area contributed by atoms with Crippen LogP contribution in [0.3, 0.4) is 0 Å². The average Bonchev–Trinajstić information content (AvgIpc) is 2.26. The number of carboxylic acid groups (broad SMARTS) is 1. The van der Waals surface area contributed by atoms with E-state index in [4.69, 9.17) is 10.8 Å². The molecule has 0 spiro atoms. The second kappa shape index (κ2) is 5.03. The lowest BCUT2D eigenvalue weighted by Crippen LogP contribution is -2.29. The molecule has 94 valence electrons. The normalized spacial score (nSPS) is 12.2. The Bertz CT molecular complexity index is 435. The van der Waals surface area contributed by atoms with Gasteiger partial charge in [-0.05, 0) is 25.5 Å². The number of nitrogens with two attached hydrogens (primary N) is 1. The van der Waals surface area contributed by atoms with Gasteiger partial charge in [0.2, 0.25) is 0 Å². The Morgan fingerprint density at radius 2 is 2.18 bits per heavy atom. The number of rotatable bonds is 4. The molecule has 0 amide bonds. The van der Waals surface area contributed by atoms with Crippen LogP contribution in [0, 0.1) is 5.82 Å². The topological polar surface area (TPSA) is 66.6 Å². The van der Waals surface area contributed by atoms with E-state index >= 15 is 0 Å². The van der Waals surface area contributed by atoms with Crippen LogP contribution < -0.4 is 10.6 Å². The Morgan fingerprint density at radius 1 is 1.59 bits per heavy atom. The van der Waals surface area contributed by atoms with E-state index in [9.17, 15) is 9.18 Å². The summed E-state index contributed by atoms with van der Waals surface area (Å²) in [4.78, 5) is 12.6. The molecule has 17 heavy (non-hydrogen) atoms. The fourth-order valence-corrected chi connectivity index (χ4v) is 1.54. The van der Waals surface area contributed by atoms with E-state index in [1.807, 2.05) is 13.8 Å². The second-order valence-corrected chi connectivity index (χ2v) is 4.06. The van der Waals surface area contributed by atoms with E-state index in [1.54, 1.807) is 11.9 Å². The quantitative estimate of drug-likeness (QED) is 0.793. The minimum Gasteiger partial charge on any atom is -0.478 e. The third-order valence-electron chi connectivity index (χ3n) is 2.98. The SMILES string of the molecule is CCC(C)N(C)c1cc(C(=O)O)c(N)cc1F. The van der Waals surface area contributed by atoms with Crippen LogP contribution in [0.4, 0.5) is 15.8 Å². The van der Waals surface area contributed by atoms with Crippen LogP contribution in [-0.4, -0.2) is 24.2 Å². The molecule has 0 aliphatic rings. The van der Waals surface area contributed by atoms with Crippen molar-refractivity contribution in [2.45, 2.75) is 26.3 Å². The lowest BCUT2D eigenvalue weighted by molar-refractivity contribution is 0.0698. The predicted molar refractivity (Wildman–Crippen MR) is 65.9 cm³/mol. The lowest BCUT2D eigenvalue weighted by atomic mass is 10.1. The van der Waals surface area contributed by atoms with E-state index in [0.29, 0.717) is 0 Å². The molecule has 1 rings (SSSR count). The number of carboxylic acids is 1. The molecule has 0 aliphatic carbocycles. The highest BCUT2D eigenvalue weighted by Gasteiger charge is 2.17. The van der Waals surface area contributed by atoms with Crippen molar-refractivity contribution in [1.29, 1.82) is 0 Å². The highest BCUT2D eigenvalue weighted by atomic mass is 19.1. The summed E-state index contributed by atoms with van der Waals surface area (Å²) in [7, 11) is 1.73. The Hall–Kier alpha value is -1.78. The minimum atomic E-state index is -1.15. The molecule has 3 N–H and O–H groups in total. The van der Waals surface area contributed by atoms with E-state index in [-0.39, 0.29) is 23.0 Å². The summed E-state index contributed by atoms with van der Waals surface area (Å²) in [5.41, 5.74) is 5.58. The van der Waals surface area contributed by atoms with Gasteiger partial charge in [0.15, 0.2) is 0 Å². The third kappa shape index (κ3) is 2.67. The van der Waals surface area contributed by atoms with Gasteiger partial charge in [-0.15, -0.1) is 0 Å². The van der Waals surface area contributed by atoms with Crippen LogP contribution in [0.2, 0.25) is 0 Å². The molecule has 1 atom stereocenters. The van der Waals surface area contributed by atoms with Gasteiger partial charge in [0.05, 0.1) is 11.3 Å². The molecule has 1 unspecified atom stereocenters. The number of carbonyl (C=O) groups is 1. The van der Waals surface area contributed by atoms with Crippen LogP contribution in [0.25, 0.3) is 0 Å². The van der Waals surface area contributed by atoms with Gasteiger partial charge in [-0.25, -0.2) is 9.18 Å². The zero-order chi connectivity index (χ0) is 13.2. The zero-order valence-electron chi connectivity index (χ0n) is 10.2. The first-order valence-electron chi connectivity index (χ1n) is 5.43. The van der Waals surface area contributed by atoms with Crippen LogP contribution in [0.5, 0.6) is 0 Å². The van der Waals surface area contributed by atoms with Crippen molar-refractivity contribution >= 4 is 17.3 Å². The fourth-order valence-electron chi connectivity index (χ4n) is 1.54. The summed E-state index contributed by atoms with van der Waals surface area (Å²) in [5.74, 6) is -1.66. The number of anilines is 2. The van der Waals surface area contributed by atoms with Gasteiger partial charge in [-0.1, -0.05) is 6.92 Å². The predicted octanol–water partition coefficient (Wildman–Crippen LogP) is 2.34. The molecule has 0 aliphatic heterocycles. The number of aromatic carboxylic acids is 1. The van der Waals surface area contributed by atoms with Gasteiger partial charge < -0.3 is 15.7 Å². The van der Waals surface area contributed by atoms with Crippen LogP contribution in [-0.2, 0) is 0 Å². The maximum atomic E-state index is 13.7. The lowest BCUT2D eigenvalue weighted by Gasteiger charge is -2.27. The van der Waals surface area contributed by atoms with Crippen LogP contribution in [0.15, 0.2) is 12.1 Å². The number of hydrogen-bond acceptors (Lipinski definition) is 3. The molecule has 0 saturated heterocycles. The zero-order valence-corrected chi connectivity index (χ0v) is 10.2. The molecule has 0 saturated carbocycles. The maximum absolute atomic E-state index is 13.7. The van der Waals surface area contributed by atoms with Gasteiger partial charge in [0.1, 0.15) is 5.82 Å². The van der Waals surface area contributed by atoms with Gasteiger partial charge >= 0.3 is 5.97 Å². The number of benzene rings is 1. The summed E-state index contributed by atoms with van der Waals surface area (Å²) in [6, 6.07) is 2.45. The van der Waals surface area contributed by atoms with Crippen molar-refractivity contribution in [1.82, 2.24) is 0 Å². The van der Waals surface area contributed by atoms with Crippen molar-refractivity contribution in [3.63, 3.8) is 0 Å². The van der Waals surface area contributed by atoms with Crippen molar-refractivity contribution in [2.75, 3.05) is 17.7 Å². The Balaban J connectivity index is 3.24. The second-order valence-electron chi connectivity index (χ2n) is 4.06. The molecule has 0 aromatic heterocycles. The van der Waals surface area contributed by atoms with Gasteiger partial charge in [0.25, 0.3) is 0 Å². The number of hydrogen-bond donors (Lipinski definition) is 2. The monoisotopic (exact) mass is 240 g/mol.